The summed E-state index contributed by atoms with van der Waals surface area (Å²) in [7, 11) is 0. The first-order chi connectivity index (χ1) is 7.58. The van der Waals surface area contributed by atoms with E-state index in [1.165, 1.54) is 0 Å². The van der Waals surface area contributed by atoms with Crippen LogP contribution in [-0.4, -0.2) is 42.7 Å². The van der Waals surface area contributed by atoms with E-state index in [2.05, 4.69) is 11.6 Å². The Morgan fingerprint density at radius 1 is 1.53 bits per heavy atom. The van der Waals surface area contributed by atoms with Crippen molar-refractivity contribution in [2.24, 2.45) is 5.73 Å². The zero-order chi connectivity index (χ0) is 12.0. The fourth-order valence-electron chi connectivity index (χ4n) is 1.82. The molecule has 1 fully saturated rings. The largest absolute Gasteiger partial charge is 0.381 e. The van der Waals surface area contributed by atoms with Gasteiger partial charge in [0.15, 0.2) is 0 Å². The van der Waals surface area contributed by atoms with E-state index in [-0.39, 0.29) is 29.1 Å². The van der Waals surface area contributed by atoms with E-state index in [0.29, 0.717) is 6.42 Å². The van der Waals surface area contributed by atoms with E-state index in [1.54, 1.807) is 0 Å². The Labute approximate surface area is 114 Å². The molecule has 1 amide bonds. The van der Waals surface area contributed by atoms with E-state index in [4.69, 9.17) is 10.5 Å². The summed E-state index contributed by atoms with van der Waals surface area (Å²) in [6.45, 7) is 4.16. The quantitative estimate of drug-likeness (QED) is 0.795. The lowest BCUT2D eigenvalue weighted by molar-refractivity contribution is -0.121. The van der Waals surface area contributed by atoms with Crippen molar-refractivity contribution in [1.29, 1.82) is 0 Å². The summed E-state index contributed by atoms with van der Waals surface area (Å²) < 4.78 is 5.51. The number of thioether (sulfide) groups is 1. The highest BCUT2D eigenvalue weighted by atomic mass is 35.5. The lowest BCUT2D eigenvalue weighted by Gasteiger charge is -2.35. The predicted octanol–water partition coefficient (Wildman–Crippen LogP) is 1.17. The summed E-state index contributed by atoms with van der Waals surface area (Å²) in [5.41, 5.74) is 5.58. The summed E-state index contributed by atoms with van der Waals surface area (Å²) in [4.78, 5) is 11.5. The molecule has 0 aliphatic carbocycles. The standard InChI is InChI=1S/C11H22N2O2S.ClH/c1-9(12)7-10(14)13-8-11(16-2)3-5-15-6-4-11;/h9H,3-8,12H2,1-2H3,(H,13,14);1H. The number of ether oxygens (including phenoxy) is 1. The molecule has 0 aromatic carbocycles. The summed E-state index contributed by atoms with van der Waals surface area (Å²) in [5, 5.41) is 2.98. The first kappa shape index (κ1) is 17.0. The van der Waals surface area contributed by atoms with Gasteiger partial charge in [0.2, 0.25) is 5.91 Å². The molecule has 4 nitrogen and oxygen atoms in total. The van der Waals surface area contributed by atoms with Crippen LogP contribution < -0.4 is 11.1 Å². The number of hydrogen-bond donors (Lipinski definition) is 2. The maximum Gasteiger partial charge on any atom is 0.221 e. The van der Waals surface area contributed by atoms with Crippen LogP contribution in [0, 0.1) is 0 Å². The van der Waals surface area contributed by atoms with Gasteiger partial charge in [-0.25, -0.2) is 0 Å². The van der Waals surface area contributed by atoms with Crippen LogP contribution in [0.25, 0.3) is 0 Å². The second-order valence-electron chi connectivity index (χ2n) is 4.46. The van der Waals surface area contributed by atoms with Crippen molar-refractivity contribution in [3.05, 3.63) is 0 Å². The molecule has 0 aromatic heterocycles. The Morgan fingerprint density at radius 3 is 2.59 bits per heavy atom. The molecular weight excluding hydrogens is 260 g/mol. The van der Waals surface area contributed by atoms with Gasteiger partial charge in [-0.05, 0) is 26.0 Å². The molecule has 1 saturated heterocycles. The zero-order valence-corrected chi connectivity index (χ0v) is 12.2. The first-order valence-electron chi connectivity index (χ1n) is 5.73. The second-order valence-corrected chi connectivity index (χ2v) is 5.73. The lowest BCUT2D eigenvalue weighted by Crippen LogP contribution is -2.45. The Kier molecular flexibility index (Phi) is 8.20. The van der Waals surface area contributed by atoms with Crippen molar-refractivity contribution < 1.29 is 9.53 Å². The van der Waals surface area contributed by atoms with Gasteiger partial charge in [0.05, 0.1) is 0 Å². The molecule has 1 atom stereocenters. The molecule has 1 rings (SSSR count). The molecule has 17 heavy (non-hydrogen) atoms. The van der Waals surface area contributed by atoms with E-state index >= 15 is 0 Å². The zero-order valence-electron chi connectivity index (χ0n) is 10.5. The maximum atomic E-state index is 11.5. The topological polar surface area (TPSA) is 64.4 Å². The van der Waals surface area contributed by atoms with Crippen LogP contribution in [0.2, 0.25) is 0 Å². The van der Waals surface area contributed by atoms with E-state index in [0.717, 1.165) is 32.6 Å². The van der Waals surface area contributed by atoms with Crippen molar-refractivity contribution in [2.75, 3.05) is 26.0 Å². The van der Waals surface area contributed by atoms with E-state index < -0.39 is 0 Å². The van der Waals surface area contributed by atoms with Gasteiger partial charge >= 0.3 is 0 Å². The number of nitrogens with one attached hydrogen (secondary N) is 1. The number of carbonyl (C=O) groups is 1. The van der Waals surface area contributed by atoms with Gasteiger partial charge in [0.25, 0.3) is 0 Å². The van der Waals surface area contributed by atoms with Crippen molar-refractivity contribution in [1.82, 2.24) is 5.32 Å². The molecule has 6 heteroatoms. The molecule has 0 saturated carbocycles. The molecule has 0 radical (unpaired) electrons. The summed E-state index contributed by atoms with van der Waals surface area (Å²) in [6.07, 6.45) is 4.52. The van der Waals surface area contributed by atoms with Crippen molar-refractivity contribution in [3.63, 3.8) is 0 Å². The monoisotopic (exact) mass is 282 g/mol. The fourth-order valence-corrected chi connectivity index (χ4v) is 2.61. The Hall–Kier alpha value is 0.0300. The summed E-state index contributed by atoms with van der Waals surface area (Å²) >= 11 is 1.83. The van der Waals surface area contributed by atoms with Crippen LogP contribution in [0.15, 0.2) is 0 Å². The average molecular weight is 283 g/mol. The van der Waals surface area contributed by atoms with Crippen LogP contribution in [0.3, 0.4) is 0 Å². The number of carbonyl (C=O) groups excluding carboxylic acids is 1. The van der Waals surface area contributed by atoms with Crippen LogP contribution >= 0.6 is 24.2 Å². The lowest BCUT2D eigenvalue weighted by atomic mass is 9.99. The highest BCUT2D eigenvalue weighted by Crippen LogP contribution is 2.32. The SMILES string of the molecule is CSC1(CNC(=O)CC(C)N)CCOCC1.Cl. The molecule has 1 heterocycles. The Bertz CT molecular complexity index is 234. The van der Waals surface area contributed by atoms with E-state index in [1.807, 2.05) is 18.7 Å². The first-order valence-corrected chi connectivity index (χ1v) is 6.96. The van der Waals surface area contributed by atoms with Crippen LogP contribution in [0.1, 0.15) is 26.2 Å². The molecule has 0 aromatic rings. The second kappa shape index (κ2) is 8.19. The van der Waals surface area contributed by atoms with Crippen LogP contribution in [-0.2, 0) is 9.53 Å². The predicted molar refractivity (Wildman–Crippen MR) is 74.8 cm³/mol. The van der Waals surface area contributed by atoms with Crippen molar-refractivity contribution in [3.8, 4) is 0 Å². The number of halogens is 1. The molecule has 1 unspecified atom stereocenters. The third-order valence-electron chi connectivity index (χ3n) is 2.95. The summed E-state index contributed by atoms with van der Waals surface area (Å²) in [6, 6.07) is -0.0695. The molecule has 102 valence electrons. The average Bonchev–Trinajstić information content (AvgIpc) is 2.27. The van der Waals surface area contributed by atoms with Gasteiger partial charge < -0.3 is 15.8 Å². The van der Waals surface area contributed by atoms with Gasteiger partial charge in [-0.3, -0.25) is 4.79 Å². The minimum absolute atomic E-state index is 0. The number of nitrogens with two attached hydrogens (primary N) is 1. The molecule has 1 aliphatic heterocycles. The third-order valence-corrected chi connectivity index (χ3v) is 4.37. The highest BCUT2D eigenvalue weighted by Gasteiger charge is 2.31. The van der Waals surface area contributed by atoms with Crippen molar-refractivity contribution in [2.45, 2.75) is 37.0 Å². The van der Waals surface area contributed by atoms with Crippen LogP contribution in [0.5, 0.6) is 0 Å². The third kappa shape index (κ3) is 5.95. The number of rotatable bonds is 5. The van der Waals surface area contributed by atoms with Crippen molar-refractivity contribution >= 4 is 30.1 Å². The maximum absolute atomic E-state index is 11.5. The Morgan fingerprint density at radius 2 is 2.12 bits per heavy atom. The summed E-state index contributed by atoms with van der Waals surface area (Å²) in [5.74, 6) is 0.0508. The van der Waals surface area contributed by atoms with E-state index in [9.17, 15) is 4.79 Å². The minimum Gasteiger partial charge on any atom is -0.381 e. The normalized spacial score (nSPS) is 20.2. The van der Waals surface area contributed by atoms with Crippen LogP contribution in [0.4, 0.5) is 0 Å². The Balaban J connectivity index is 0.00000256. The molecular formula is C11H23ClN2O2S. The molecule has 3 N–H and O–H groups in total. The van der Waals surface area contributed by atoms with Gasteiger partial charge in [0, 0.05) is 37.0 Å². The smallest absolute Gasteiger partial charge is 0.221 e. The highest BCUT2D eigenvalue weighted by molar-refractivity contribution is 8.00. The molecule has 0 spiro atoms. The number of hydrogen-bond acceptors (Lipinski definition) is 4. The van der Waals surface area contributed by atoms with Gasteiger partial charge in [-0.2, -0.15) is 11.8 Å². The van der Waals surface area contributed by atoms with Gasteiger partial charge in [-0.1, -0.05) is 0 Å². The van der Waals surface area contributed by atoms with Gasteiger partial charge in [-0.15, -0.1) is 12.4 Å². The molecule has 1 aliphatic rings. The minimum atomic E-state index is -0.0695. The van der Waals surface area contributed by atoms with Gasteiger partial charge in [0.1, 0.15) is 0 Å². The fraction of sp³-hybridized carbons (Fsp3) is 0.909. The molecule has 0 bridgehead atoms. The number of amides is 1.